The number of methoxy groups -OCH3 is 1. The van der Waals surface area contributed by atoms with Crippen LogP contribution in [0.3, 0.4) is 0 Å². The second-order valence-electron chi connectivity index (χ2n) is 5.01. The van der Waals surface area contributed by atoms with Crippen LogP contribution in [0.2, 0.25) is 0 Å². The minimum absolute atomic E-state index is 0.0813. The van der Waals surface area contributed by atoms with Gasteiger partial charge in [0.1, 0.15) is 5.75 Å². The molecular formula is C15H25NO2. The second-order valence-corrected chi connectivity index (χ2v) is 5.01. The number of nitrogens with one attached hydrogen (secondary N) is 1. The number of aliphatic hydroxyl groups is 1. The van der Waals surface area contributed by atoms with Crippen molar-refractivity contribution in [3.8, 4) is 5.75 Å². The largest absolute Gasteiger partial charge is 0.496 e. The number of hydrogen-bond donors (Lipinski definition) is 2. The third-order valence-electron chi connectivity index (χ3n) is 3.13. The van der Waals surface area contributed by atoms with Crippen LogP contribution in [-0.2, 0) is 0 Å². The Morgan fingerprint density at radius 3 is 2.44 bits per heavy atom. The highest BCUT2D eigenvalue weighted by Crippen LogP contribution is 2.25. The van der Waals surface area contributed by atoms with E-state index in [1.165, 1.54) is 0 Å². The molecule has 102 valence electrons. The topological polar surface area (TPSA) is 41.5 Å². The van der Waals surface area contributed by atoms with Gasteiger partial charge in [0.05, 0.1) is 13.2 Å². The molecule has 0 radical (unpaired) electrons. The SMILES string of the molecule is CCC(NC(C)C)C(O)c1ccc(OC)c(C)c1. The number of ether oxygens (including phenoxy) is 1. The van der Waals surface area contributed by atoms with Gasteiger partial charge in [-0.25, -0.2) is 0 Å². The summed E-state index contributed by atoms with van der Waals surface area (Å²) in [5, 5.41) is 13.8. The van der Waals surface area contributed by atoms with Crippen LogP contribution < -0.4 is 10.1 Å². The van der Waals surface area contributed by atoms with Gasteiger partial charge in [0.2, 0.25) is 0 Å². The molecule has 0 amide bonds. The Morgan fingerprint density at radius 2 is 2.00 bits per heavy atom. The Morgan fingerprint density at radius 1 is 1.33 bits per heavy atom. The number of aryl methyl sites for hydroxylation is 1. The minimum atomic E-state index is -0.484. The summed E-state index contributed by atoms with van der Waals surface area (Å²) >= 11 is 0. The van der Waals surface area contributed by atoms with Crippen molar-refractivity contribution < 1.29 is 9.84 Å². The van der Waals surface area contributed by atoms with Crippen molar-refractivity contribution in [1.82, 2.24) is 5.32 Å². The molecule has 1 rings (SSSR count). The van der Waals surface area contributed by atoms with Crippen molar-refractivity contribution in [1.29, 1.82) is 0 Å². The molecule has 0 saturated heterocycles. The van der Waals surface area contributed by atoms with Gasteiger partial charge in [-0.3, -0.25) is 0 Å². The zero-order valence-electron chi connectivity index (χ0n) is 12.0. The van der Waals surface area contributed by atoms with Crippen LogP contribution in [0.1, 0.15) is 44.4 Å². The number of hydrogen-bond acceptors (Lipinski definition) is 3. The number of benzene rings is 1. The maximum absolute atomic E-state index is 10.4. The highest BCUT2D eigenvalue weighted by molar-refractivity contribution is 5.37. The Labute approximate surface area is 110 Å². The maximum atomic E-state index is 10.4. The molecule has 0 bridgehead atoms. The van der Waals surface area contributed by atoms with Crippen LogP contribution in [0.25, 0.3) is 0 Å². The second kappa shape index (κ2) is 6.76. The van der Waals surface area contributed by atoms with E-state index < -0.39 is 6.10 Å². The van der Waals surface area contributed by atoms with Gasteiger partial charge in [0.25, 0.3) is 0 Å². The third-order valence-corrected chi connectivity index (χ3v) is 3.13. The predicted molar refractivity (Wildman–Crippen MR) is 75.0 cm³/mol. The molecule has 0 aromatic heterocycles. The van der Waals surface area contributed by atoms with Gasteiger partial charge >= 0.3 is 0 Å². The molecule has 1 aromatic rings. The highest BCUT2D eigenvalue weighted by Gasteiger charge is 2.20. The molecule has 0 aliphatic heterocycles. The van der Waals surface area contributed by atoms with Gasteiger partial charge in [-0.2, -0.15) is 0 Å². The Kier molecular flexibility index (Phi) is 5.63. The fraction of sp³-hybridized carbons (Fsp3) is 0.600. The zero-order chi connectivity index (χ0) is 13.7. The lowest BCUT2D eigenvalue weighted by Gasteiger charge is -2.26. The van der Waals surface area contributed by atoms with E-state index in [1.54, 1.807) is 7.11 Å². The van der Waals surface area contributed by atoms with Crippen LogP contribution in [0.15, 0.2) is 18.2 Å². The van der Waals surface area contributed by atoms with E-state index in [0.29, 0.717) is 6.04 Å². The van der Waals surface area contributed by atoms with Crippen LogP contribution in [0.4, 0.5) is 0 Å². The lowest BCUT2D eigenvalue weighted by atomic mass is 9.98. The molecular weight excluding hydrogens is 226 g/mol. The number of rotatable bonds is 6. The fourth-order valence-electron chi connectivity index (χ4n) is 2.18. The normalized spacial score (nSPS) is 14.6. The van der Waals surface area contributed by atoms with Gasteiger partial charge in [-0.05, 0) is 36.6 Å². The van der Waals surface area contributed by atoms with Crippen LogP contribution in [0, 0.1) is 6.92 Å². The molecule has 0 fully saturated rings. The molecule has 0 aliphatic rings. The quantitative estimate of drug-likeness (QED) is 0.817. The molecule has 0 saturated carbocycles. The van der Waals surface area contributed by atoms with Crippen molar-refractivity contribution >= 4 is 0 Å². The van der Waals surface area contributed by atoms with Crippen LogP contribution in [0.5, 0.6) is 5.75 Å². The molecule has 1 aromatic carbocycles. The molecule has 3 nitrogen and oxygen atoms in total. The average molecular weight is 251 g/mol. The summed E-state index contributed by atoms with van der Waals surface area (Å²) in [5.74, 6) is 0.857. The van der Waals surface area contributed by atoms with Gasteiger partial charge in [-0.15, -0.1) is 0 Å². The van der Waals surface area contributed by atoms with Crippen molar-refractivity contribution in [2.24, 2.45) is 0 Å². The van der Waals surface area contributed by atoms with Gasteiger partial charge in [0.15, 0.2) is 0 Å². The lowest BCUT2D eigenvalue weighted by Crippen LogP contribution is -2.38. The summed E-state index contributed by atoms with van der Waals surface area (Å²) in [4.78, 5) is 0. The van der Waals surface area contributed by atoms with E-state index in [0.717, 1.165) is 23.3 Å². The summed E-state index contributed by atoms with van der Waals surface area (Å²) in [7, 11) is 1.66. The van der Waals surface area contributed by atoms with Crippen molar-refractivity contribution in [3.63, 3.8) is 0 Å². The maximum Gasteiger partial charge on any atom is 0.121 e. The van der Waals surface area contributed by atoms with Crippen molar-refractivity contribution in [3.05, 3.63) is 29.3 Å². The molecule has 0 heterocycles. The first-order valence-corrected chi connectivity index (χ1v) is 6.58. The van der Waals surface area contributed by atoms with E-state index in [4.69, 9.17) is 4.74 Å². The van der Waals surface area contributed by atoms with Gasteiger partial charge in [0, 0.05) is 12.1 Å². The summed E-state index contributed by atoms with van der Waals surface area (Å²) < 4.78 is 5.23. The number of aliphatic hydroxyl groups excluding tert-OH is 1. The predicted octanol–water partition coefficient (Wildman–Crippen LogP) is 2.81. The zero-order valence-corrected chi connectivity index (χ0v) is 12.0. The smallest absolute Gasteiger partial charge is 0.121 e. The van der Waals surface area contributed by atoms with Crippen LogP contribution >= 0.6 is 0 Å². The molecule has 2 N–H and O–H groups in total. The van der Waals surface area contributed by atoms with E-state index in [1.807, 2.05) is 25.1 Å². The Bertz CT molecular complexity index is 377. The first-order valence-electron chi connectivity index (χ1n) is 6.58. The van der Waals surface area contributed by atoms with Crippen molar-refractivity contribution in [2.75, 3.05) is 7.11 Å². The summed E-state index contributed by atoms with van der Waals surface area (Å²) in [6.07, 6.45) is 0.409. The molecule has 3 heteroatoms. The first kappa shape index (κ1) is 15.0. The van der Waals surface area contributed by atoms with E-state index >= 15 is 0 Å². The lowest BCUT2D eigenvalue weighted by molar-refractivity contribution is 0.121. The van der Waals surface area contributed by atoms with E-state index in [2.05, 4.69) is 26.1 Å². The molecule has 0 spiro atoms. The summed E-state index contributed by atoms with van der Waals surface area (Å²) in [5.41, 5.74) is 1.99. The monoisotopic (exact) mass is 251 g/mol. The summed E-state index contributed by atoms with van der Waals surface area (Å²) in [6, 6.07) is 6.28. The van der Waals surface area contributed by atoms with Crippen molar-refractivity contribution in [2.45, 2.75) is 52.3 Å². The summed E-state index contributed by atoms with van der Waals surface area (Å²) in [6.45, 7) is 8.26. The van der Waals surface area contributed by atoms with Gasteiger partial charge in [-0.1, -0.05) is 26.8 Å². The van der Waals surface area contributed by atoms with Gasteiger partial charge < -0.3 is 15.2 Å². The fourth-order valence-corrected chi connectivity index (χ4v) is 2.18. The van der Waals surface area contributed by atoms with E-state index in [-0.39, 0.29) is 6.04 Å². The molecule has 0 aliphatic carbocycles. The van der Waals surface area contributed by atoms with E-state index in [9.17, 15) is 5.11 Å². The Balaban J connectivity index is 2.87. The molecule has 18 heavy (non-hydrogen) atoms. The Hall–Kier alpha value is -1.06. The van der Waals surface area contributed by atoms with Crippen LogP contribution in [-0.4, -0.2) is 24.3 Å². The molecule has 2 unspecified atom stereocenters. The average Bonchev–Trinajstić information content (AvgIpc) is 2.34. The molecule has 2 atom stereocenters. The standard InChI is InChI=1S/C15H25NO2/c1-6-13(16-10(2)3)15(17)12-7-8-14(18-5)11(4)9-12/h7-10,13,15-17H,6H2,1-5H3. The minimum Gasteiger partial charge on any atom is -0.496 e. The highest BCUT2D eigenvalue weighted by atomic mass is 16.5. The third kappa shape index (κ3) is 3.72. The first-order chi connectivity index (χ1) is 8.49.